The average molecular weight is 361 g/mol. The first-order valence-electron chi connectivity index (χ1n) is 10.5. The van der Waals surface area contributed by atoms with Gasteiger partial charge in [0.1, 0.15) is 12.1 Å². The number of urea groups is 1. The predicted molar refractivity (Wildman–Crippen MR) is 97.3 cm³/mol. The first-order valence-corrected chi connectivity index (χ1v) is 10.5. The third-order valence-corrected chi connectivity index (χ3v) is 6.85. The molecule has 0 unspecified atom stereocenters. The van der Waals surface area contributed by atoms with Gasteiger partial charge >= 0.3 is 6.03 Å². The molecule has 6 nitrogen and oxygen atoms in total. The Morgan fingerprint density at radius 3 is 2.19 bits per heavy atom. The number of nitrogens with zero attached hydrogens (tertiary/aromatic N) is 2. The third-order valence-electron chi connectivity index (χ3n) is 6.85. The molecular weight excluding hydrogens is 330 g/mol. The molecule has 0 aromatic heterocycles. The Balaban J connectivity index is 1.44. The summed E-state index contributed by atoms with van der Waals surface area (Å²) < 4.78 is 0. The zero-order valence-corrected chi connectivity index (χ0v) is 15.8. The second-order valence-electron chi connectivity index (χ2n) is 8.91. The van der Waals surface area contributed by atoms with Crippen molar-refractivity contribution in [2.75, 3.05) is 6.54 Å². The monoisotopic (exact) mass is 361 g/mol. The number of imide groups is 1. The molecule has 1 saturated heterocycles. The van der Waals surface area contributed by atoms with Crippen molar-refractivity contribution in [3.05, 3.63) is 0 Å². The van der Waals surface area contributed by atoms with Crippen molar-refractivity contribution in [3.8, 4) is 0 Å². The van der Waals surface area contributed by atoms with Gasteiger partial charge in [0.15, 0.2) is 0 Å². The molecule has 3 aliphatic carbocycles. The molecule has 0 aromatic rings. The summed E-state index contributed by atoms with van der Waals surface area (Å²) in [4.78, 5) is 41.7. The lowest BCUT2D eigenvalue weighted by molar-refractivity contribution is -0.141. The summed E-state index contributed by atoms with van der Waals surface area (Å²) in [5, 5.41) is 2.91. The van der Waals surface area contributed by atoms with E-state index in [0.717, 1.165) is 63.7 Å². The van der Waals surface area contributed by atoms with Crippen LogP contribution in [0.15, 0.2) is 0 Å². The molecule has 0 atom stereocenters. The lowest BCUT2D eigenvalue weighted by atomic mass is 9.82. The number of nitrogens with one attached hydrogen (secondary N) is 1. The molecule has 144 valence electrons. The fourth-order valence-corrected chi connectivity index (χ4v) is 5.11. The molecule has 6 heteroatoms. The van der Waals surface area contributed by atoms with E-state index in [4.69, 9.17) is 0 Å². The van der Waals surface area contributed by atoms with Crippen LogP contribution in [0.1, 0.15) is 77.6 Å². The van der Waals surface area contributed by atoms with Crippen LogP contribution in [0.3, 0.4) is 0 Å². The van der Waals surface area contributed by atoms with Crippen LogP contribution >= 0.6 is 0 Å². The molecule has 3 saturated carbocycles. The third kappa shape index (κ3) is 3.23. The molecular formula is C20H31N3O3. The molecule has 4 amide bonds. The maximum atomic E-state index is 13.1. The quantitative estimate of drug-likeness (QED) is 0.783. The normalized spacial score (nSPS) is 31.2. The van der Waals surface area contributed by atoms with Crippen LogP contribution in [-0.4, -0.2) is 51.8 Å². The minimum Gasteiger partial charge on any atom is -0.335 e. The van der Waals surface area contributed by atoms with E-state index < -0.39 is 5.54 Å². The Kier molecular flexibility index (Phi) is 4.70. The Labute approximate surface area is 155 Å². The molecule has 4 fully saturated rings. The summed E-state index contributed by atoms with van der Waals surface area (Å²) in [6.07, 6.45) is 11.0. The van der Waals surface area contributed by atoms with E-state index in [9.17, 15) is 14.4 Å². The summed E-state index contributed by atoms with van der Waals surface area (Å²) in [5.41, 5.74) is -0.736. The zero-order chi connectivity index (χ0) is 18.3. The fraction of sp³-hybridized carbons (Fsp3) is 0.850. The molecule has 1 heterocycles. The summed E-state index contributed by atoms with van der Waals surface area (Å²) in [7, 11) is 0. The number of rotatable bonds is 4. The average Bonchev–Trinajstić information content (AvgIpc) is 3.43. The second kappa shape index (κ2) is 6.86. The number of hydrogen-bond donors (Lipinski definition) is 1. The molecule has 0 bridgehead atoms. The molecule has 0 radical (unpaired) electrons. The van der Waals surface area contributed by atoms with Gasteiger partial charge in [0.2, 0.25) is 5.91 Å². The van der Waals surface area contributed by atoms with Crippen LogP contribution in [0.2, 0.25) is 0 Å². The van der Waals surface area contributed by atoms with Crippen LogP contribution in [0.25, 0.3) is 0 Å². The Bertz CT molecular complexity index is 587. The van der Waals surface area contributed by atoms with Crippen molar-refractivity contribution in [2.45, 2.75) is 95.2 Å². The van der Waals surface area contributed by atoms with E-state index >= 15 is 0 Å². The molecule has 1 N–H and O–H groups in total. The van der Waals surface area contributed by atoms with E-state index in [1.54, 1.807) is 0 Å². The van der Waals surface area contributed by atoms with E-state index in [-0.39, 0.29) is 30.4 Å². The summed E-state index contributed by atoms with van der Waals surface area (Å²) in [6, 6.07) is 0.235. The Morgan fingerprint density at radius 2 is 1.62 bits per heavy atom. The number of amides is 4. The van der Waals surface area contributed by atoms with E-state index in [2.05, 4.69) is 12.2 Å². The van der Waals surface area contributed by atoms with Crippen LogP contribution in [0.5, 0.6) is 0 Å². The Hall–Kier alpha value is -1.59. The smallest absolute Gasteiger partial charge is 0.325 e. The lowest BCUT2D eigenvalue weighted by Gasteiger charge is -2.37. The predicted octanol–water partition coefficient (Wildman–Crippen LogP) is 2.81. The minimum absolute atomic E-state index is 0.0385. The molecule has 4 aliphatic rings. The second-order valence-corrected chi connectivity index (χ2v) is 8.91. The van der Waals surface area contributed by atoms with Crippen molar-refractivity contribution in [2.24, 2.45) is 5.92 Å². The largest absolute Gasteiger partial charge is 0.335 e. The summed E-state index contributed by atoms with van der Waals surface area (Å²) in [5.74, 6) is 0.520. The highest BCUT2D eigenvalue weighted by Gasteiger charge is 2.52. The van der Waals surface area contributed by atoms with Gasteiger partial charge in [-0.05, 0) is 57.3 Å². The van der Waals surface area contributed by atoms with Crippen LogP contribution in [0.4, 0.5) is 4.79 Å². The highest BCUT2D eigenvalue weighted by molar-refractivity contribution is 6.09. The van der Waals surface area contributed by atoms with E-state index in [0.29, 0.717) is 18.9 Å². The van der Waals surface area contributed by atoms with E-state index in [1.807, 2.05) is 4.90 Å². The molecule has 1 spiro atoms. The Morgan fingerprint density at radius 1 is 1.04 bits per heavy atom. The first kappa shape index (κ1) is 17.8. The van der Waals surface area contributed by atoms with Crippen molar-refractivity contribution in [1.29, 1.82) is 0 Å². The zero-order valence-electron chi connectivity index (χ0n) is 15.8. The lowest BCUT2D eigenvalue weighted by Crippen LogP contribution is -2.51. The standard InChI is InChI=1S/C20H31N3O3/c1-14-5-7-15(8-6-14)23(16-9-10-16)17(24)13-22-18(25)20(21-19(22)26)11-3-2-4-12-20/h14-16H,2-13H2,1H3,(H,21,26). The first-order chi connectivity index (χ1) is 12.5. The topological polar surface area (TPSA) is 69.7 Å². The van der Waals surface area contributed by atoms with Gasteiger partial charge in [0.25, 0.3) is 5.91 Å². The van der Waals surface area contributed by atoms with Gasteiger partial charge in [0.05, 0.1) is 0 Å². The summed E-state index contributed by atoms with van der Waals surface area (Å²) in [6.45, 7) is 2.19. The maximum Gasteiger partial charge on any atom is 0.325 e. The molecule has 26 heavy (non-hydrogen) atoms. The van der Waals surface area contributed by atoms with Crippen molar-refractivity contribution >= 4 is 17.8 Å². The van der Waals surface area contributed by atoms with Gasteiger partial charge in [0, 0.05) is 12.1 Å². The number of hydrogen-bond acceptors (Lipinski definition) is 3. The summed E-state index contributed by atoms with van der Waals surface area (Å²) >= 11 is 0. The fourth-order valence-electron chi connectivity index (χ4n) is 5.11. The van der Waals surface area contributed by atoms with Crippen molar-refractivity contribution in [3.63, 3.8) is 0 Å². The minimum atomic E-state index is -0.736. The van der Waals surface area contributed by atoms with Crippen LogP contribution in [0, 0.1) is 5.92 Å². The highest BCUT2D eigenvalue weighted by Crippen LogP contribution is 2.37. The van der Waals surface area contributed by atoms with Gasteiger partial charge < -0.3 is 10.2 Å². The van der Waals surface area contributed by atoms with Crippen molar-refractivity contribution in [1.82, 2.24) is 15.1 Å². The van der Waals surface area contributed by atoms with Gasteiger partial charge in [-0.25, -0.2) is 4.79 Å². The SMILES string of the molecule is CC1CCC(N(C(=O)CN2C(=O)NC3(CCCCC3)C2=O)C2CC2)CC1. The van der Waals surface area contributed by atoms with Gasteiger partial charge in [-0.15, -0.1) is 0 Å². The molecule has 1 aliphatic heterocycles. The van der Waals surface area contributed by atoms with Gasteiger partial charge in [-0.2, -0.15) is 0 Å². The molecule has 4 rings (SSSR count). The highest BCUT2D eigenvalue weighted by atomic mass is 16.2. The van der Waals surface area contributed by atoms with Crippen LogP contribution in [-0.2, 0) is 9.59 Å². The van der Waals surface area contributed by atoms with Gasteiger partial charge in [-0.3, -0.25) is 14.5 Å². The number of carbonyl (C=O) groups excluding carboxylic acids is 3. The van der Waals surface area contributed by atoms with E-state index in [1.165, 1.54) is 4.90 Å². The maximum absolute atomic E-state index is 13.1. The van der Waals surface area contributed by atoms with Crippen LogP contribution < -0.4 is 5.32 Å². The van der Waals surface area contributed by atoms with Crippen molar-refractivity contribution < 1.29 is 14.4 Å². The molecule has 0 aromatic carbocycles. The van der Waals surface area contributed by atoms with Gasteiger partial charge in [-0.1, -0.05) is 26.2 Å². The number of carbonyl (C=O) groups is 3.